The molecule has 1 aliphatic carbocycles. The Morgan fingerprint density at radius 3 is 3.04 bits per heavy atom. The van der Waals surface area contributed by atoms with Gasteiger partial charge in [-0.1, -0.05) is 17.3 Å². The maximum absolute atomic E-state index is 11.5. The molecule has 2 aliphatic rings. The van der Waals surface area contributed by atoms with Gasteiger partial charge in [-0.2, -0.15) is 0 Å². The highest BCUT2D eigenvalue weighted by molar-refractivity contribution is 5.78. The number of nitrogens with zero attached hydrogens (tertiary/aromatic N) is 4. The molecule has 1 fully saturated rings. The minimum absolute atomic E-state index is 0.0840. The first-order chi connectivity index (χ1) is 11.3. The van der Waals surface area contributed by atoms with E-state index in [4.69, 9.17) is 0 Å². The van der Waals surface area contributed by atoms with Crippen LogP contribution in [-0.4, -0.2) is 45.4 Å². The van der Waals surface area contributed by atoms with Gasteiger partial charge in [0.05, 0.1) is 24.1 Å². The predicted octanol–water partition coefficient (Wildman–Crippen LogP) is 1.08. The molecule has 0 bridgehead atoms. The highest BCUT2D eigenvalue weighted by atomic mass is 16.2. The zero-order valence-corrected chi connectivity index (χ0v) is 13.2. The van der Waals surface area contributed by atoms with Crippen LogP contribution in [0.25, 0.3) is 5.69 Å². The van der Waals surface area contributed by atoms with E-state index in [0.29, 0.717) is 19.6 Å². The molecule has 4 rings (SSSR count). The molecular formula is C17H21N5O. The molecule has 2 heterocycles. The molecule has 0 saturated carbocycles. The zero-order valence-electron chi connectivity index (χ0n) is 13.2. The number of rotatable bonds is 3. The van der Waals surface area contributed by atoms with Crippen molar-refractivity contribution >= 4 is 5.91 Å². The lowest BCUT2D eigenvalue weighted by atomic mass is 9.90. The molecule has 6 heteroatoms. The standard InChI is InChI=1S/C17H21N5O/c23-17-12-21(9-8-18-17)10-14-11-22(20-19-14)16-7-3-5-13-4-1-2-6-15(13)16/h3,5,7,11H,1-2,4,6,8-10,12H2,(H,18,23). The molecule has 0 atom stereocenters. The van der Waals surface area contributed by atoms with Crippen LogP contribution in [0.2, 0.25) is 0 Å². The van der Waals surface area contributed by atoms with Crippen LogP contribution in [0.15, 0.2) is 24.4 Å². The van der Waals surface area contributed by atoms with E-state index in [1.165, 1.54) is 24.0 Å². The molecule has 1 aromatic heterocycles. The van der Waals surface area contributed by atoms with E-state index in [0.717, 1.165) is 30.8 Å². The summed E-state index contributed by atoms with van der Waals surface area (Å²) in [7, 11) is 0. The number of fused-ring (bicyclic) bond motifs is 1. The Morgan fingerprint density at radius 1 is 1.22 bits per heavy atom. The van der Waals surface area contributed by atoms with Crippen molar-refractivity contribution in [2.45, 2.75) is 32.2 Å². The van der Waals surface area contributed by atoms with Crippen LogP contribution >= 0.6 is 0 Å². The van der Waals surface area contributed by atoms with Crippen LogP contribution in [0, 0.1) is 0 Å². The van der Waals surface area contributed by atoms with E-state index >= 15 is 0 Å². The molecule has 1 N–H and O–H groups in total. The van der Waals surface area contributed by atoms with Gasteiger partial charge < -0.3 is 5.32 Å². The zero-order chi connectivity index (χ0) is 15.6. The summed E-state index contributed by atoms with van der Waals surface area (Å²) in [5.74, 6) is 0.0840. The third-order valence-corrected chi connectivity index (χ3v) is 4.66. The summed E-state index contributed by atoms with van der Waals surface area (Å²) in [6.07, 6.45) is 6.79. The lowest BCUT2D eigenvalue weighted by molar-refractivity contribution is -0.124. The van der Waals surface area contributed by atoms with E-state index < -0.39 is 0 Å². The van der Waals surface area contributed by atoms with E-state index in [-0.39, 0.29) is 5.91 Å². The SMILES string of the molecule is O=C1CN(Cc2cn(-c3cccc4c3CCCC4)nn2)CCN1. The highest BCUT2D eigenvalue weighted by Crippen LogP contribution is 2.26. The van der Waals surface area contributed by atoms with E-state index in [2.05, 4.69) is 38.7 Å². The van der Waals surface area contributed by atoms with Crippen molar-refractivity contribution < 1.29 is 4.79 Å². The first kappa shape index (κ1) is 14.4. The van der Waals surface area contributed by atoms with Gasteiger partial charge in [0.1, 0.15) is 0 Å². The summed E-state index contributed by atoms with van der Waals surface area (Å²) in [5, 5.41) is 11.5. The van der Waals surface area contributed by atoms with Crippen molar-refractivity contribution in [3.8, 4) is 5.69 Å². The normalized spacial score (nSPS) is 18.5. The van der Waals surface area contributed by atoms with Gasteiger partial charge in [-0.15, -0.1) is 5.10 Å². The maximum Gasteiger partial charge on any atom is 0.234 e. The van der Waals surface area contributed by atoms with Gasteiger partial charge in [0.25, 0.3) is 0 Å². The number of hydrogen-bond donors (Lipinski definition) is 1. The van der Waals surface area contributed by atoms with Crippen molar-refractivity contribution in [3.63, 3.8) is 0 Å². The van der Waals surface area contributed by atoms with E-state index in [1.807, 2.05) is 10.9 Å². The predicted molar refractivity (Wildman–Crippen MR) is 86.3 cm³/mol. The number of carbonyl (C=O) groups excluding carboxylic acids is 1. The summed E-state index contributed by atoms with van der Waals surface area (Å²) in [5.41, 5.74) is 4.91. The molecule has 2 aromatic rings. The number of piperazine rings is 1. The van der Waals surface area contributed by atoms with Crippen molar-refractivity contribution in [1.29, 1.82) is 0 Å². The van der Waals surface area contributed by atoms with Gasteiger partial charge in [0, 0.05) is 19.6 Å². The molecule has 1 saturated heterocycles. The highest BCUT2D eigenvalue weighted by Gasteiger charge is 2.19. The second kappa shape index (κ2) is 6.12. The maximum atomic E-state index is 11.5. The fraction of sp³-hybridized carbons (Fsp3) is 0.471. The number of nitrogens with one attached hydrogen (secondary N) is 1. The molecule has 120 valence electrons. The van der Waals surface area contributed by atoms with Crippen LogP contribution < -0.4 is 5.32 Å². The minimum Gasteiger partial charge on any atom is -0.354 e. The van der Waals surface area contributed by atoms with Crippen molar-refractivity contribution in [3.05, 3.63) is 41.2 Å². The number of aryl methyl sites for hydroxylation is 1. The average Bonchev–Trinajstić information content (AvgIpc) is 3.02. The van der Waals surface area contributed by atoms with Gasteiger partial charge in [0.15, 0.2) is 0 Å². The number of benzene rings is 1. The Hall–Kier alpha value is -2.21. The summed E-state index contributed by atoms with van der Waals surface area (Å²) in [6.45, 7) is 2.68. The third-order valence-electron chi connectivity index (χ3n) is 4.66. The van der Waals surface area contributed by atoms with Crippen LogP contribution in [0.4, 0.5) is 0 Å². The quantitative estimate of drug-likeness (QED) is 0.921. The molecule has 1 aliphatic heterocycles. The summed E-state index contributed by atoms with van der Waals surface area (Å²) >= 11 is 0. The Balaban J connectivity index is 1.55. The number of aromatic nitrogens is 3. The van der Waals surface area contributed by atoms with Gasteiger partial charge in [-0.25, -0.2) is 4.68 Å². The lowest BCUT2D eigenvalue weighted by Gasteiger charge is -2.25. The average molecular weight is 311 g/mol. The second-order valence-electron chi connectivity index (χ2n) is 6.34. The lowest BCUT2D eigenvalue weighted by Crippen LogP contribution is -2.47. The summed E-state index contributed by atoms with van der Waals surface area (Å²) in [4.78, 5) is 13.6. The Morgan fingerprint density at radius 2 is 2.13 bits per heavy atom. The van der Waals surface area contributed by atoms with Gasteiger partial charge in [-0.3, -0.25) is 9.69 Å². The molecule has 0 radical (unpaired) electrons. The van der Waals surface area contributed by atoms with Crippen molar-refractivity contribution in [2.75, 3.05) is 19.6 Å². The minimum atomic E-state index is 0.0840. The van der Waals surface area contributed by atoms with E-state index in [1.54, 1.807) is 0 Å². The monoisotopic (exact) mass is 311 g/mol. The largest absolute Gasteiger partial charge is 0.354 e. The fourth-order valence-corrected chi connectivity index (χ4v) is 3.52. The summed E-state index contributed by atoms with van der Waals surface area (Å²) in [6, 6.07) is 6.45. The van der Waals surface area contributed by atoms with Crippen molar-refractivity contribution in [1.82, 2.24) is 25.2 Å². The molecule has 1 aromatic carbocycles. The van der Waals surface area contributed by atoms with Crippen molar-refractivity contribution in [2.24, 2.45) is 0 Å². The van der Waals surface area contributed by atoms with Crippen LogP contribution in [0.3, 0.4) is 0 Å². The number of hydrogen-bond acceptors (Lipinski definition) is 4. The third kappa shape index (κ3) is 2.99. The Labute approximate surface area is 135 Å². The number of carbonyl (C=O) groups is 1. The van der Waals surface area contributed by atoms with Crippen LogP contribution in [0.5, 0.6) is 0 Å². The topological polar surface area (TPSA) is 63.1 Å². The Bertz CT molecular complexity index is 724. The molecule has 23 heavy (non-hydrogen) atoms. The Kier molecular flexibility index (Phi) is 3.83. The van der Waals surface area contributed by atoms with Gasteiger partial charge >= 0.3 is 0 Å². The molecule has 0 spiro atoms. The van der Waals surface area contributed by atoms with Gasteiger partial charge in [-0.05, 0) is 42.9 Å². The molecule has 6 nitrogen and oxygen atoms in total. The number of amides is 1. The van der Waals surface area contributed by atoms with E-state index in [9.17, 15) is 4.79 Å². The second-order valence-corrected chi connectivity index (χ2v) is 6.34. The molecule has 0 unspecified atom stereocenters. The molecule has 1 amide bonds. The summed E-state index contributed by atoms with van der Waals surface area (Å²) < 4.78 is 1.89. The van der Waals surface area contributed by atoms with Crippen LogP contribution in [0.1, 0.15) is 29.7 Å². The fourth-order valence-electron chi connectivity index (χ4n) is 3.52. The first-order valence-electron chi connectivity index (χ1n) is 8.31. The molecular weight excluding hydrogens is 290 g/mol. The van der Waals surface area contributed by atoms with Crippen LogP contribution in [-0.2, 0) is 24.2 Å². The van der Waals surface area contributed by atoms with Gasteiger partial charge in [0.2, 0.25) is 5.91 Å². The smallest absolute Gasteiger partial charge is 0.234 e. The first-order valence-corrected chi connectivity index (χ1v) is 8.31.